The summed E-state index contributed by atoms with van der Waals surface area (Å²) in [5.41, 5.74) is -4.58. The van der Waals surface area contributed by atoms with Crippen LogP contribution in [0, 0.1) is 6.85 Å². The zero-order chi connectivity index (χ0) is 16.0. The van der Waals surface area contributed by atoms with Gasteiger partial charge in [0.1, 0.15) is 0 Å². The molecule has 6 heteroatoms. The van der Waals surface area contributed by atoms with Gasteiger partial charge in [-0.25, -0.2) is 0 Å². The molecule has 0 saturated heterocycles. The molecule has 1 aromatic carbocycles. The summed E-state index contributed by atoms with van der Waals surface area (Å²) >= 11 is 0. The van der Waals surface area contributed by atoms with Crippen LogP contribution in [0.5, 0.6) is 0 Å². The predicted octanol–water partition coefficient (Wildman–Crippen LogP) is 0.694. The van der Waals surface area contributed by atoms with Crippen LogP contribution in [0.1, 0.15) is 19.4 Å². The van der Waals surface area contributed by atoms with E-state index >= 15 is 0 Å². The van der Waals surface area contributed by atoms with E-state index in [1.807, 2.05) is 0 Å². The molecule has 0 aliphatic rings. The normalized spacial score (nSPS) is 18.6. The monoisotopic (exact) mass is 210 g/mol. The Bertz CT molecular complexity index is 543. The van der Waals surface area contributed by atoms with Crippen molar-refractivity contribution in [2.24, 2.45) is 0 Å². The summed E-state index contributed by atoms with van der Waals surface area (Å²) in [5.74, 6) is 0. The first-order valence-electron chi connectivity index (χ1n) is 6.37. The van der Waals surface area contributed by atoms with Crippen molar-refractivity contribution in [3.8, 4) is 0 Å². The van der Waals surface area contributed by atoms with E-state index in [0.717, 1.165) is 0 Å². The van der Waals surface area contributed by atoms with E-state index in [4.69, 9.17) is 18.3 Å². The number of hydrogen-bond donors (Lipinski definition) is 2. The number of alkyl halides is 3. The first-order valence-corrected chi connectivity index (χ1v) is 3.37. The Morgan fingerprint density at radius 1 is 1.43 bits per heavy atom. The maximum atomic E-state index is 12.9. The highest BCUT2D eigenvalue weighted by atomic mass is 19.4. The van der Waals surface area contributed by atoms with Crippen LogP contribution in [0.4, 0.5) is 13.2 Å². The Balaban J connectivity index is 3.95. The Labute approximate surface area is 87.6 Å². The molecule has 0 spiro atoms. The van der Waals surface area contributed by atoms with Crippen molar-refractivity contribution in [3.63, 3.8) is 0 Å². The third kappa shape index (κ3) is 2.27. The van der Waals surface area contributed by atoms with Gasteiger partial charge in [0.2, 0.25) is 0 Å². The summed E-state index contributed by atoms with van der Waals surface area (Å²) in [6.45, 7) is -3.21. The lowest BCUT2D eigenvalue weighted by Crippen LogP contribution is -2.36. The number of hydrogen-bond acceptors (Lipinski definition) is 2. The van der Waals surface area contributed by atoms with Crippen molar-refractivity contribution < 1.29 is 31.4 Å². The van der Waals surface area contributed by atoms with Gasteiger partial charge in [-0.2, -0.15) is 13.2 Å². The zero-order valence-electron chi connectivity index (χ0n) is 12.6. The van der Waals surface area contributed by atoms with Crippen molar-refractivity contribution in [2.45, 2.75) is 13.0 Å². The molecule has 0 amide bonds. The first kappa shape index (κ1) is 5.18. The molecule has 0 saturated carbocycles. The molecule has 14 heavy (non-hydrogen) atoms. The molecular weight excluding hydrogens is 196 g/mol. The van der Waals surface area contributed by atoms with Crippen molar-refractivity contribution in [3.05, 3.63) is 29.3 Å². The van der Waals surface area contributed by atoms with Crippen molar-refractivity contribution in [2.75, 3.05) is 0 Å². The van der Waals surface area contributed by atoms with Crippen LogP contribution >= 0.6 is 0 Å². The smallest absolute Gasteiger partial charge is 0.423 e. The number of rotatable bonds is 1. The average molecular weight is 210 g/mol. The van der Waals surface area contributed by atoms with Gasteiger partial charge in [0, 0.05) is 4.11 Å². The van der Waals surface area contributed by atoms with Crippen LogP contribution in [0.3, 0.4) is 0 Å². The molecular formula is C8H8BF3O2. The third-order valence-electron chi connectivity index (χ3n) is 1.38. The third-order valence-corrected chi connectivity index (χ3v) is 1.38. The quantitative estimate of drug-likeness (QED) is 0.669. The van der Waals surface area contributed by atoms with Crippen molar-refractivity contribution >= 4 is 12.6 Å². The van der Waals surface area contributed by atoms with E-state index in [1.165, 1.54) is 0 Å². The number of halogens is 3. The Morgan fingerprint density at radius 3 is 2.50 bits per heavy atom. The van der Waals surface area contributed by atoms with Gasteiger partial charge in [0.15, 0.2) is 0 Å². The van der Waals surface area contributed by atoms with E-state index in [9.17, 15) is 13.2 Å². The van der Waals surface area contributed by atoms with Gasteiger partial charge in [-0.15, -0.1) is 0 Å². The molecule has 0 radical (unpaired) electrons. The maximum Gasteiger partial charge on any atom is 0.489 e. The predicted molar refractivity (Wildman–Crippen MR) is 46.0 cm³/mol. The number of benzene rings is 1. The van der Waals surface area contributed by atoms with Crippen LogP contribution in [0.15, 0.2) is 18.1 Å². The molecule has 0 aliphatic carbocycles. The molecule has 76 valence electrons. The molecule has 0 atom stereocenters. The molecule has 2 N–H and O–H groups in total. The molecule has 0 unspecified atom stereocenters. The fraction of sp³-hybridized carbons (Fsp3) is 0.250. The Hall–Kier alpha value is -1.01. The molecule has 0 aliphatic heterocycles. The van der Waals surface area contributed by atoms with Gasteiger partial charge in [0.25, 0.3) is 0 Å². The minimum Gasteiger partial charge on any atom is -0.423 e. The topological polar surface area (TPSA) is 40.5 Å². The van der Waals surface area contributed by atoms with Crippen LogP contribution in [0.2, 0.25) is 0 Å². The fourth-order valence-corrected chi connectivity index (χ4v) is 0.833. The largest absolute Gasteiger partial charge is 0.489 e. The summed E-state index contributed by atoms with van der Waals surface area (Å²) in [6.07, 6.45) is -5.26. The second-order valence-corrected chi connectivity index (χ2v) is 2.41. The van der Waals surface area contributed by atoms with Gasteiger partial charge >= 0.3 is 13.3 Å². The molecule has 1 aromatic rings. The lowest BCUT2D eigenvalue weighted by molar-refractivity contribution is -0.136. The Morgan fingerprint density at radius 2 is 2.07 bits per heavy atom. The maximum absolute atomic E-state index is 12.9. The summed E-state index contributed by atoms with van der Waals surface area (Å²) in [7, 11) is -2.75. The average Bonchev–Trinajstić information content (AvgIpc) is 2.18. The van der Waals surface area contributed by atoms with Gasteiger partial charge < -0.3 is 10.0 Å². The van der Waals surface area contributed by atoms with Gasteiger partial charge in [-0.1, -0.05) is 17.6 Å². The minimum atomic E-state index is -5.26. The first-order chi connectivity index (χ1) is 8.80. The Kier molecular flexibility index (Phi) is 1.34. The van der Waals surface area contributed by atoms with Crippen molar-refractivity contribution in [1.29, 1.82) is 0 Å². The highest BCUT2D eigenvalue weighted by Gasteiger charge is 2.36. The molecule has 0 fully saturated rings. The second-order valence-electron chi connectivity index (χ2n) is 2.41. The fourth-order valence-electron chi connectivity index (χ4n) is 0.833. The van der Waals surface area contributed by atoms with Gasteiger partial charge in [0.05, 0.1) is 9.68 Å². The van der Waals surface area contributed by atoms with E-state index < -0.39 is 54.9 Å². The minimum absolute atomic E-state index is 1.16. The van der Waals surface area contributed by atoms with Crippen LogP contribution in [-0.4, -0.2) is 17.2 Å². The van der Waals surface area contributed by atoms with E-state index in [2.05, 4.69) is 0 Å². The van der Waals surface area contributed by atoms with E-state index in [-0.39, 0.29) is 0 Å². The second kappa shape index (κ2) is 3.63. The summed E-state index contributed by atoms with van der Waals surface area (Å²) < 4.78 is 81.8. The van der Waals surface area contributed by atoms with Gasteiger partial charge in [-0.05, 0) is 18.4 Å². The van der Waals surface area contributed by atoms with Crippen LogP contribution in [0.25, 0.3) is 0 Å². The standard InChI is InChI=1S/C8H8BF3O2/c1-5-2-3-7(9(13)14)6(4-5)8(10,11)12/h2-4,13-14H,1H3/i1D3,2D,3D,4D. The highest BCUT2D eigenvalue weighted by Crippen LogP contribution is 2.28. The highest BCUT2D eigenvalue weighted by molar-refractivity contribution is 6.59. The van der Waals surface area contributed by atoms with Gasteiger partial charge in [-0.3, -0.25) is 0 Å². The van der Waals surface area contributed by atoms with Crippen LogP contribution in [-0.2, 0) is 6.18 Å². The lowest BCUT2D eigenvalue weighted by Gasteiger charge is -2.12. The lowest BCUT2D eigenvalue weighted by atomic mass is 9.76. The molecule has 0 heterocycles. The van der Waals surface area contributed by atoms with E-state index in [0.29, 0.717) is 0 Å². The zero-order valence-corrected chi connectivity index (χ0v) is 6.61. The van der Waals surface area contributed by atoms with Crippen molar-refractivity contribution in [1.82, 2.24) is 0 Å². The van der Waals surface area contributed by atoms with Crippen LogP contribution < -0.4 is 5.46 Å². The van der Waals surface area contributed by atoms with E-state index in [1.54, 1.807) is 0 Å². The summed E-state index contributed by atoms with van der Waals surface area (Å²) in [6, 6.07) is -4.00. The molecule has 2 nitrogen and oxygen atoms in total. The molecule has 0 bridgehead atoms. The summed E-state index contributed by atoms with van der Waals surface area (Å²) in [4.78, 5) is 0. The SMILES string of the molecule is [2H]c1c([2H])c(C([2H])([2H])[2H])c([2H])c(C(F)(F)F)c1B(O)O. The molecule has 0 aromatic heterocycles. The summed E-state index contributed by atoms with van der Waals surface area (Å²) in [5, 5.41) is 17.8. The molecule has 1 rings (SSSR count).